The van der Waals surface area contributed by atoms with Crippen LogP contribution in [-0.2, 0) is 9.47 Å². The lowest BCUT2D eigenvalue weighted by Crippen LogP contribution is -2.43. The highest BCUT2D eigenvalue weighted by atomic mass is 16.7. The summed E-state index contributed by atoms with van der Waals surface area (Å²) in [4.78, 5) is 0. The predicted octanol–water partition coefficient (Wildman–Crippen LogP) is 3.18. The summed E-state index contributed by atoms with van der Waals surface area (Å²) in [5.74, 6) is 0.626. The maximum atomic E-state index is 9.31. The van der Waals surface area contributed by atoms with Crippen LogP contribution in [0.3, 0.4) is 0 Å². The second-order valence-corrected chi connectivity index (χ2v) is 5.33. The van der Waals surface area contributed by atoms with Crippen molar-refractivity contribution < 1.29 is 14.6 Å². The van der Waals surface area contributed by atoms with Gasteiger partial charge in [0.15, 0.2) is 5.79 Å². The third-order valence-corrected chi connectivity index (χ3v) is 4.13. The van der Waals surface area contributed by atoms with Crippen LogP contribution in [0.15, 0.2) is 24.3 Å². The van der Waals surface area contributed by atoms with Crippen LogP contribution < -0.4 is 0 Å². The minimum Gasteiger partial charge on any atom is -0.508 e. The van der Waals surface area contributed by atoms with E-state index in [-0.39, 0.29) is 5.79 Å². The molecule has 3 rings (SSSR count). The Hall–Kier alpha value is -1.06. The average Bonchev–Trinajstić information content (AvgIpc) is 2.42. The predicted molar refractivity (Wildman–Crippen MR) is 68.6 cm³/mol. The van der Waals surface area contributed by atoms with Crippen molar-refractivity contribution in [3.8, 4) is 5.75 Å². The summed E-state index contributed by atoms with van der Waals surface area (Å²) in [7, 11) is 0. The molecule has 2 aliphatic rings. The third kappa shape index (κ3) is 2.38. The highest BCUT2D eigenvalue weighted by molar-refractivity contribution is 5.28. The highest BCUT2D eigenvalue weighted by Gasteiger charge is 2.39. The molecule has 3 heteroatoms. The Morgan fingerprint density at radius 3 is 2.22 bits per heavy atom. The molecule has 1 aliphatic carbocycles. The van der Waals surface area contributed by atoms with Gasteiger partial charge in [-0.1, -0.05) is 12.1 Å². The first-order chi connectivity index (χ1) is 8.77. The van der Waals surface area contributed by atoms with E-state index in [9.17, 15) is 5.11 Å². The van der Waals surface area contributed by atoms with Crippen LogP contribution in [0, 0.1) is 0 Å². The molecule has 1 aliphatic heterocycles. The molecule has 18 heavy (non-hydrogen) atoms. The first-order valence-corrected chi connectivity index (χ1v) is 6.84. The van der Waals surface area contributed by atoms with Gasteiger partial charge in [0.25, 0.3) is 0 Å². The quantitative estimate of drug-likeness (QED) is 0.829. The molecule has 1 spiro atoms. The lowest BCUT2D eigenvalue weighted by atomic mass is 9.80. The molecule has 0 atom stereocenters. The summed E-state index contributed by atoms with van der Waals surface area (Å²) in [6.45, 7) is 1.67. The molecule has 3 nitrogen and oxygen atoms in total. The zero-order valence-corrected chi connectivity index (χ0v) is 10.6. The number of benzene rings is 1. The van der Waals surface area contributed by atoms with Gasteiger partial charge >= 0.3 is 0 Å². The zero-order chi connectivity index (χ0) is 12.4. The van der Waals surface area contributed by atoms with E-state index in [1.807, 2.05) is 12.1 Å². The number of hydrogen-bond donors (Lipinski definition) is 1. The fraction of sp³-hybridized carbons (Fsp3) is 0.600. The maximum Gasteiger partial charge on any atom is 0.168 e. The first kappa shape index (κ1) is 12.0. The number of aromatic hydroxyl groups is 1. The van der Waals surface area contributed by atoms with Gasteiger partial charge in [-0.05, 0) is 42.9 Å². The molecular formula is C15H20O3. The van der Waals surface area contributed by atoms with Crippen molar-refractivity contribution in [2.75, 3.05) is 13.2 Å². The van der Waals surface area contributed by atoms with Gasteiger partial charge in [-0.3, -0.25) is 0 Å². The van der Waals surface area contributed by atoms with Gasteiger partial charge in [0.05, 0.1) is 13.2 Å². The number of ether oxygens (including phenoxy) is 2. The van der Waals surface area contributed by atoms with Gasteiger partial charge in [0.1, 0.15) is 5.75 Å². The van der Waals surface area contributed by atoms with Gasteiger partial charge in [0, 0.05) is 12.8 Å². The molecular weight excluding hydrogens is 228 g/mol. The van der Waals surface area contributed by atoms with Crippen LogP contribution in [0.5, 0.6) is 5.75 Å². The second-order valence-electron chi connectivity index (χ2n) is 5.33. The van der Waals surface area contributed by atoms with Gasteiger partial charge in [-0.25, -0.2) is 0 Å². The number of rotatable bonds is 1. The molecule has 0 aromatic heterocycles. The maximum absolute atomic E-state index is 9.31. The monoisotopic (exact) mass is 248 g/mol. The van der Waals surface area contributed by atoms with Crippen LogP contribution >= 0.6 is 0 Å². The van der Waals surface area contributed by atoms with Gasteiger partial charge in [-0.15, -0.1) is 0 Å². The molecule has 1 N–H and O–H groups in total. The van der Waals surface area contributed by atoms with Crippen LogP contribution in [0.1, 0.15) is 43.6 Å². The highest BCUT2D eigenvalue weighted by Crippen LogP contribution is 2.41. The van der Waals surface area contributed by atoms with Crippen LogP contribution in [0.2, 0.25) is 0 Å². The van der Waals surface area contributed by atoms with Crippen molar-refractivity contribution in [3.05, 3.63) is 29.8 Å². The summed E-state index contributed by atoms with van der Waals surface area (Å²) in [6, 6.07) is 7.60. The minimum absolute atomic E-state index is 0.286. The molecule has 1 aromatic carbocycles. The standard InChI is InChI=1S/C15H20O3/c16-14-4-2-12(3-5-14)13-6-8-15(9-7-13)17-10-1-11-18-15/h2-5,13,16H,1,6-11H2. The van der Waals surface area contributed by atoms with Gasteiger partial charge < -0.3 is 14.6 Å². The molecule has 0 amide bonds. The molecule has 1 saturated carbocycles. The Labute approximate surface area is 108 Å². The fourth-order valence-corrected chi connectivity index (χ4v) is 3.04. The van der Waals surface area contributed by atoms with E-state index in [4.69, 9.17) is 9.47 Å². The van der Waals surface area contributed by atoms with E-state index >= 15 is 0 Å². The Kier molecular flexibility index (Phi) is 3.27. The van der Waals surface area contributed by atoms with Gasteiger partial charge in [0.2, 0.25) is 0 Å². The van der Waals surface area contributed by atoms with E-state index in [1.165, 1.54) is 5.56 Å². The van der Waals surface area contributed by atoms with Crippen LogP contribution in [0.25, 0.3) is 0 Å². The van der Waals surface area contributed by atoms with E-state index in [2.05, 4.69) is 0 Å². The van der Waals surface area contributed by atoms with Crippen molar-refractivity contribution in [1.82, 2.24) is 0 Å². The summed E-state index contributed by atoms with van der Waals surface area (Å²) >= 11 is 0. The molecule has 1 saturated heterocycles. The molecule has 0 radical (unpaired) electrons. The SMILES string of the molecule is Oc1ccc(C2CCC3(CC2)OCCCO3)cc1. The van der Waals surface area contributed by atoms with E-state index in [1.54, 1.807) is 12.1 Å². The first-order valence-electron chi connectivity index (χ1n) is 6.84. The van der Waals surface area contributed by atoms with Crippen LogP contribution in [0.4, 0.5) is 0 Å². The number of hydrogen-bond acceptors (Lipinski definition) is 3. The molecule has 2 fully saturated rings. The average molecular weight is 248 g/mol. The van der Waals surface area contributed by atoms with E-state index < -0.39 is 0 Å². The largest absolute Gasteiger partial charge is 0.508 e. The van der Waals surface area contributed by atoms with Crippen molar-refractivity contribution in [2.45, 2.75) is 43.8 Å². The lowest BCUT2D eigenvalue weighted by Gasteiger charge is -2.42. The Morgan fingerprint density at radius 1 is 1.00 bits per heavy atom. The second kappa shape index (κ2) is 4.90. The molecule has 1 aromatic rings. The van der Waals surface area contributed by atoms with Crippen molar-refractivity contribution in [3.63, 3.8) is 0 Å². The topological polar surface area (TPSA) is 38.7 Å². The molecule has 0 bridgehead atoms. The van der Waals surface area contributed by atoms with Crippen molar-refractivity contribution in [2.24, 2.45) is 0 Å². The van der Waals surface area contributed by atoms with Gasteiger partial charge in [-0.2, -0.15) is 0 Å². The molecule has 1 heterocycles. The summed E-state index contributed by atoms with van der Waals surface area (Å²) < 4.78 is 11.7. The van der Waals surface area contributed by atoms with Crippen molar-refractivity contribution in [1.29, 1.82) is 0 Å². The fourth-order valence-electron chi connectivity index (χ4n) is 3.04. The third-order valence-electron chi connectivity index (χ3n) is 4.13. The zero-order valence-electron chi connectivity index (χ0n) is 10.6. The van der Waals surface area contributed by atoms with Crippen molar-refractivity contribution >= 4 is 0 Å². The van der Waals surface area contributed by atoms with E-state index in [0.717, 1.165) is 45.3 Å². The number of phenols is 1. The lowest BCUT2D eigenvalue weighted by molar-refractivity contribution is -0.281. The Morgan fingerprint density at radius 2 is 1.61 bits per heavy atom. The Balaban J connectivity index is 1.64. The summed E-state index contributed by atoms with van der Waals surface area (Å²) in [5.41, 5.74) is 1.32. The van der Waals surface area contributed by atoms with E-state index in [0.29, 0.717) is 11.7 Å². The number of phenolic OH excluding ortho intramolecular Hbond substituents is 1. The van der Waals surface area contributed by atoms with Crippen LogP contribution in [-0.4, -0.2) is 24.1 Å². The summed E-state index contributed by atoms with van der Waals surface area (Å²) in [5, 5.41) is 9.31. The molecule has 0 unspecified atom stereocenters. The Bertz CT molecular complexity index is 383. The normalized spacial score (nSPS) is 24.2. The minimum atomic E-state index is -0.286. The summed E-state index contributed by atoms with van der Waals surface area (Å²) in [6.07, 6.45) is 5.19. The smallest absolute Gasteiger partial charge is 0.168 e. The molecule has 98 valence electrons.